The minimum absolute atomic E-state index is 0.571. The molecular weight excluding hydrogens is 150 g/mol. The first kappa shape index (κ1) is 7.80. The first-order valence-electron chi connectivity index (χ1n) is 4.57. The van der Waals surface area contributed by atoms with Crippen LogP contribution in [0.5, 0.6) is 0 Å². The van der Waals surface area contributed by atoms with E-state index < -0.39 is 0 Å². The molecule has 0 spiro atoms. The van der Waals surface area contributed by atoms with Crippen molar-refractivity contribution in [2.45, 2.75) is 25.3 Å². The topological polar surface area (TPSA) is 31.9 Å². The molecule has 2 heterocycles. The van der Waals surface area contributed by atoms with Gasteiger partial charge in [0.05, 0.1) is 11.7 Å². The molecule has 0 amide bonds. The van der Waals surface area contributed by atoms with Crippen LogP contribution in [0.3, 0.4) is 0 Å². The monoisotopic (exact) mass is 165 g/mol. The molecule has 1 saturated heterocycles. The number of aromatic amines is 1. The van der Waals surface area contributed by atoms with Crippen LogP contribution in [0.2, 0.25) is 0 Å². The molecule has 0 aliphatic carbocycles. The fraction of sp³-hybridized carbons (Fsp3) is 0.667. The Morgan fingerprint density at radius 3 is 3.17 bits per heavy atom. The van der Waals surface area contributed by atoms with E-state index in [1.807, 2.05) is 6.20 Å². The van der Waals surface area contributed by atoms with E-state index in [-0.39, 0.29) is 0 Å². The number of hydrogen-bond acceptors (Lipinski definition) is 2. The second-order valence-corrected chi connectivity index (χ2v) is 3.50. The molecule has 1 aromatic rings. The van der Waals surface area contributed by atoms with E-state index in [2.05, 4.69) is 28.2 Å². The van der Waals surface area contributed by atoms with E-state index in [9.17, 15) is 0 Å². The number of aromatic nitrogens is 2. The predicted molar refractivity (Wildman–Crippen MR) is 47.8 cm³/mol. The largest absolute Gasteiger partial charge is 0.298 e. The third-order valence-electron chi connectivity index (χ3n) is 2.65. The lowest BCUT2D eigenvalue weighted by atomic mass is 10.0. The van der Waals surface area contributed by atoms with Gasteiger partial charge in [-0.1, -0.05) is 6.42 Å². The van der Waals surface area contributed by atoms with Gasteiger partial charge in [0.2, 0.25) is 0 Å². The SMILES string of the molecule is CN1CCCC[C@H]1c1ccn[nH]1. The smallest absolute Gasteiger partial charge is 0.0523 e. The van der Waals surface area contributed by atoms with Crippen LogP contribution in [0.1, 0.15) is 31.0 Å². The quantitative estimate of drug-likeness (QED) is 0.685. The van der Waals surface area contributed by atoms with Crippen LogP contribution in [-0.2, 0) is 0 Å². The van der Waals surface area contributed by atoms with E-state index in [1.165, 1.54) is 31.5 Å². The average molecular weight is 165 g/mol. The maximum absolute atomic E-state index is 3.98. The van der Waals surface area contributed by atoms with E-state index in [0.29, 0.717) is 6.04 Å². The van der Waals surface area contributed by atoms with Crippen LogP contribution >= 0.6 is 0 Å². The third kappa shape index (κ3) is 1.37. The minimum Gasteiger partial charge on any atom is -0.298 e. The van der Waals surface area contributed by atoms with Gasteiger partial charge in [0.15, 0.2) is 0 Å². The summed E-state index contributed by atoms with van der Waals surface area (Å²) in [6.45, 7) is 1.21. The molecule has 1 aromatic heterocycles. The summed E-state index contributed by atoms with van der Waals surface area (Å²) in [5.74, 6) is 0. The molecule has 3 nitrogen and oxygen atoms in total. The Morgan fingerprint density at radius 1 is 1.58 bits per heavy atom. The molecule has 0 bridgehead atoms. The van der Waals surface area contributed by atoms with Crippen LogP contribution in [0.4, 0.5) is 0 Å². The van der Waals surface area contributed by atoms with Crippen LogP contribution in [-0.4, -0.2) is 28.7 Å². The standard InChI is InChI=1S/C9H15N3/c1-12-7-3-2-4-9(12)8-5-6-10-11-8/h5-6,9H,2-4,7H2,1H3,(H,10,11)/t9-/m0/s1. The molecule has 1 aliphatic heterocycles. The van der Waals surface area contributed by atoms with Crippen molar-refractivity contribution in [3.63, 3.8) is 0 Å². The summed E-state index contributed by atoms with van der Waals surface area (Å²) < 4.78 is 0. The highest BCUT2D eigenvalue weighted by atomic mass is 15.2. The maximum atomic E-state index is 3.98. The van der Waals surface area contributed by atoms with Gasteiger partial charge in [0, 0.05) is 6.20 Å². The van der Waals surface area contributed by atoms with Gasteiger partial charge in [-0.25, -0.2) is 0 Å². The summed E-state index contributed by atoms with van der Waals surface area (Å²) in [5.41, 5.74) is 1.26. The number of nitrogens with one attached hydrogen (secondary N) is 1. The van der Waals surface area contributed by atoms with Gasteiger partial charge in [-0.05, 0) is 32.5 Å². The minimum atomic E-state index is 0.571. The highest BCUT2D eigenvalue weighted by Crippen LogP contribution is 2.27. The van der Waals surface area contributed by atoms with E-state index in [4.69, 9.17) is 0 Å². The summed E-state index contributed by atoms with van der Waals surface area (Å²) >= 11 is 0. The van der Waals surface area contributed by atoms with Crippen molar-refractivity contribution in [3.05, 3.63) is 18.0 Å². The van der Waals surface area contributed by atoms with E-state index in [0.717, 1.165) is 0 Å². The maximum Gasteiger partial charge on any atom is 0.0523 e. The van der Waals surface area contributed by atoms with Gasteiger partial charge in [0.25, 0.3) is 0 Å². The molecule has 0 saturated carbocycles. The summed E-state index contributed by atoms with van der Waals surface area (Å²) in [6.07, 6.45) is 5.77. The molecule has 1 atom stereocenters. The van der Waals surface area contributed by atoms with Crippen molar-refractivity contribution in [1.29, 1.82) is 0 Å². The molecule has 3 heteroatoms. The van der Waals surface area contributed by atoms with E-state index in [1.54, 1.807) is 0 Å². The van der Waals surface area contributed by atoms with Gasteiger partial charge in [-0.3, -0.25) is 10.00 Å². The Labute approximate surface area is 72.8 Å². The van der Waals surface area contributed by atoms with E-state index >= 15 is 0 Å². The number of piperidine rings is 1. The molecule has 12 heavy (non-hydrogen) atoms. The number of likely N-dealkylation sites (tertiary alicyclic amines) is 1. The Balaban J connectivity index is 2.11. The summed E-state index contributed by atoms with van der Waals surface area (Å²) in [6, 6.07) is 2.65. The first-order valence-corrected chi connectivity index (χ1v) is 4.57. The van der Waals surface area contributed by atoms with Gasteiger partial charge < -0.3 is 0 Å². The van der Waals surface area contributed by atoms with Gasteiger partial charge in [0.1, 0.15) is 0 Å². The van der Waals surface area contributed by atoms with Crippen molar-refractivity contribution in [2.24, 2.45) is 0 Å². The third-order valence-corrected chi connectivity index (χ3v) is 2.65. The number of H-pyrrole nitrogens is 1. The second-order valence-electron chi connectivity index (χ2n) is 3.50. The molecular formula is C9H15N3. The zero-order valence-corrected chi connectivity index (χ0v) is 7.45. The zero-order chi connectivity index (χ0) is 8.39. The second kappa shape index (κ2) is 3.27. The first-order chi connectivity index (χ1) is 5.88. The highest BCUT2D eigenvalue weighted by molar-refractivity contribution is 5.05. The van der Waals surface area contributed by atoms with Crippen LogP contribution in [0, 0.1) is 0 Å². The molecule has 66 valence electrons. The van der Waals surface area contributed by atoms with Crippen molar-refractivity contribution < 1.29 is 0 Å². The molecule has 0 radical (unpaired) electrons. The van der Waals surface area contributed by atoms with Crippen LogP contribution in [0.15, 0.2) is 12.3 Å². The molecule has 0 unspecified atom stereocenters. The number of nitrogens with zero attached hydrogens (tertiary/aromatic N) is 2. The van der Waals surface area contributed by atoms with Crippen LogP contribution < -0.4 is 0 Å². The van der Waals surface area contributed by atoms with Crippen molar-refractivity contribution in [3.8, 4) is 0 Å². The lowest BCUT2D eigenvalue weighted by molar-refractivity contribution is 0.183. The molecule has 1 fully saturated rings. The fourth-order valence-electron chi connectivity index (χ4n) is 1.92. The predicted octanol–water partition coefficient (Wildman–Crippen LogP) is 1.57. The van der Waals surface area contributed by atoms with Gasteiger partial charge in [-0.15, -0.1) is 0 Å². The molecule has 1 aliphatic rings. The Morgan fingerprint density at radius 2 is 2.50 bits per heavy atom. The highest BCUT2D eigenvalue weighted by Gasteiger charge is 2.20. The Kier molecular flexibility index (Phi) is 2.13. The summed E-state index contributed by atoms with van der Waals surface area (Å²) in [7, 11) is 2.19. The lowest BCUT2D eigenvalue weighted by Crippen LogP contribution is -2.29. The van der Waals surface area contributed by atoms with Gasteiger partial charge >= 0.3 is 0 Å². The molecule has 2 rings (SSSR count). The number of rotatable bonds is 1. The zero-order valence-electron chi connectivity index (χ0n) is 7.45. The number of hydrogen-bond donors (Lipinski definition) is 1. The molecule has 0 aromatic carbocycles. The Hall–Kier alpha value is -0.830. The fourth-order valence-corrected chi connectivity index (χ4v) is 1.92. The summed E-state index contributed by atoms with van der Waals surface area (Å²) in [5, 5.41) is 7.03. The summed E-state index contributed by atoms with van der Waals surface area (Å²) in [4.78, 5) is 2.40. The van der Waals surface area contributed by atoms with Crippen molar-refractivity contribution >= 4 is 0 Å². The van der Waals surface area contributed by atoms with Crippen LogP contribution in [0.25, 0.3) is 0 Å². The normalized spacial score (nSPS) is 25.9. The lowest BCUT2D eigenvalue weighted by Gasteiger charge is -2.31. The Bertz CT molecular complexity index is 230. The average Bonchev–Trinajstić information content (AvgIpc) is 2.57. The molecule has 1 N–H and O–H groups in total. The van der Waals surface area contributed by atoms with Crippen molar-refractivity contribution in [2.75, 3.05) is 13.6 Å². The van der Waals surface area contributed by atoms with Crippen molar-refractivity contribution in [1.82, 2.24) is 15.1 Å². The van der Waals surface area contributed by atoms with Gasteiger partial charge in [-0.2, -0.15) is 5.10 Å².